The van der Waals surface area contributed by atoms with Crippen LogP contribution in [0.15, 0.2) is 48.1 Å². The average molecular weight is 381 g/mol. The van der Waals surface area contributed by atoms with Crippen LogP contribution in [0.2, 0.25) is 0 Å². The van der Waals surface area contributed by atoms with E-state index in [1.165, 1.54) is 11.3 Å². The first-order valence-corrected chi connectivity index (χ1v) is 9.66. The summed E-state index contributed by atoms with van der Waals surface area (Å²) in [6.07, 6.45) is 4.52. The highest BCUT2D eigenvalue weighted by atomic mass is 32.1. The molecule has 27 heavy (non-hydrogen) atoms. The zero-order valence-corrected chi connectivity index (χ0v) is 15.5. The van der Waals surface area contributed by atoms with Gasteiger partial charge < -0.3 is 14.8 Å². The number of hydrogen-bond donors (Lipinski definition) is 1. The minimum Gasteiger partial charge on any atom is -0.486 e. The lowest BCUT2D eigenvalue weighted by Gasteiger charge is -2.18. The van der Waals surface area contributed by atoms with Crippen molar-refractivity contribution < 1.29 is 14.3 Å². The van der Waals surface area contributed by atoms with E-state index >= 15 is 0 Å². The van der Waals surface area contributed by atoms with E-state index in [2.05, 4.69) is 15.3 Å². The summed E-state index contributed by atoms with van der Waals surface area (Å²) in [4.78, 5) is 20.8. The van der Waals surface area contributed by atoms with Gasteiger partial charge in [-0.2, -0.15) is 0 Å². The van der Waals surface area contributed by atoms with Gasteiger partial charge in [0.25, 0.3) is 0 Å². The van der Waals surface area contributed by atoms with Gasteiger partial charge in [0, 0.05) is 29.9 Å². The number of thiazole rings is 1. The fourth-order valence-corrected chi connectivity index (χ4v) is 3.64. The van der Waals surface area contributed by atoms with Crippen molar-refractivity contribution in [2.75, 3.05) is 19.8 Å². The van der Waals surface area contributed by atoms with Gasteiger partial charge in [-0.25, -0.2) is 4.98 Å². The fourth-order valence-electron chi connectivity index (χ4n) is 2.83. The molecule has 2 aromatic heterocycles. The van der Waals surface area contributed by atoms with E-state index in [1.54, 1.807) is 12.4 Å². The molecule has 1 N–H and O–H groups in total. The second-order valence-electron chi connectivity index (χ2n) is 6.14. The predicted molar refractivity (Wildman–Crippen MR) is 103 cm³/mol. The van der Waals surface area contributed by atoms with Gasteiger partial charge >= 0.3 is 0 Å². The maximum Gasteiger partial charge on any atom is 0.226 e. The molecule has 6 nitrogen and oxygen atoms in total. The zero-order chi connectivity index (χ0) is 18.5. The number of nitrogens with one attached hydrogen (secondary N) is 1. The maximum absolute atomic E-state index is 12.2. The number of nitrogens with zero attached hydrogens (tertiary/aromatic N) is 2. The van der Waals surface area contributed by atoms with Crippen LogP contribution in [0.5, 0.6) is 11.5 Å². The molecule has 0 saturated heterocycles. The summed E-state index contributed by atoms with van der Waals surface area (Å²) in [6, 6.07) is 9.73. The first kappa shape index (κ1) is 17.5. The lowest BCUT2D eigenvalue weighted by Crippen LogP contribution is -2.27. The molecule has 1 aliphatic heterocycles. The van der Waals surface area contributed by atoms with Crippen LogP contribution in [0.25, 0.3) is 10.6 Å². The molecule has 0 radical (unpaired) electrons. The smallest absolute Gasteiger partial charge is 0.226 e. The molecule has 1 amide bonds. The third kappa shape index (κ3) is 4.43. The maximum atomic E-state index is 12.2. The minimum absolute atomic E-state index is 0.0319. The second-order valence-corrected chi connectivity index (χ2v) is 7.00. The number of carbonyl (C=O) groups is 1. The summed E-state index contributed by atoms with van der Waals surface area (Å²) in [5, 5.41) is 5.75. The highest BCUT2D eigenvalue weighted by molar-refractivity contribution is 7.13. The average Bonchev–Trinajstić information content (AvgIpc) is 3.17. The Kier molecular flexibility index (Phi) is 5.29. The van der Waals surface area contributed by atoms with Crippen molar-refractivity contribution >= 4 is 17.2 Å². The van der Waals surface area contributed by atoms with E-state index in [-0.39, 0.29) is 12.3 Å². The molecule has 0 bridgehead atoms. The summed E-state index contributed by atoms with van der Waals surface area (Å²) >= 11 is 1.52. The molecule has 1 aliphatic rings. The van der Waals surface area contributed by atoms with Crippen molar-refractivity contribution in [1.82, 2.24) is 15.3 Å². The third-order valence-corrected chi connectivity index (χ3v) is 5.08. The molecule has 3 heterocycles. The predicted octanol–water partition coefficient (Wildman–Crippen LogP) is 2.88. The molecule has 0 spiro atoms. The van der Waals surface area contributed by atoms with E-state index in [4.69, 9.17) is 9.47 Å². The number of ether oxygens (including phenoxy) is 2. The van der Waals surface area contributed by atoms with Gasteiger partial charge in [-0.15, -0.1) is 11.3 Å². The van der Waals surface area contributed by atoms with Crippen LogP contribution in [0, 0.1) is 0 Å². The van der Waals surface area contributed by atoms with Crippen molar-refractivity contribution in [3.05, 3.63) is 59.4 Å². The number of hydrogen-bond acceptors (Lipinski definition) is 6. The molecule has 0 saturated carbocycles. The molecule has 3 aromatic rings. The SMILES string of the molecule is O=C(Cc1csc(-c2cccnc2)n1)NCCc1ccc2c(c1)OCCO2. The lowest BCUT2D eigenvalue weighted by atomic mass is 10.1. The summed E-state index contributed by atoms with van der Waals surface area (Å²) in [5.74, 6) is 1.52. The van der Waals surface area contributed by atoms with Crippen molar-refractivity contribution in [2.45, 2.75) is 12.8 Å². The van der Waals surface area contributed by atoms with Gasteiger partial charge in [0.2, 0.25) is 5.91 Å². The van der Waals surface area contributed by atoms with E-state index in [9.17, 15) is 4.79 Å². The topological polar surface area (TPSA) is 73.3 Å². The molecule has 7 heteroatoms. The zero-order valence-electron chi connectivity index (χ0n) is 14.7. The number of carbonyl (C=O) groups excluding carboxylic acids is 1. The van der Waals surface area contributed by atoms with E-state index < -0.39 is 0 Å². The highest BCUT2D eigenvalue weighted by Gasteiger charge is 2.12. The number of benzene rings is 1. The van der Waals surface area contributed by atoms with Crippen LogP contribution >= 0.6 is 11.3 Å². The molecule has 4 rings (SSSR count). The van der Waals surface area contributed by atoms with Crippen molar-refractivity contribution in [3.63, 3.8) is 0 Å². The number of fused-ring (bicyclic) bond motifs is 1. The normalized spacial score (nSPS) is 12.6. The Bertz CT molecular complexity index is 927. The highest BCUT2D eigenvalue weighted by Crippen LogP contribution is 2.30. The Morgan fingerprint density at radius 3 is 2.93 bits per heavy atom. The van der Waals surface area contributed by atoms with Gasteiger partial charge in [-0.05, 0) is 36.2 Å². The monoisotopic (exact) mass is 381 g/mol. The molecular formula is C20H19N3O3S. The second kappa shape index (κ2) is 8.18. The number of rotatable bonds is 6. The van der Waals surface area contributed by atoms with E-state index in [0.29, 0.717) is 19.8 Å². The first-order chi connectivity index (χ1) is 13.3. The lowest BCUT2D eigenvalue weighted by molar-refractivity contribution is -0.120. The Morgan fingerprint density at radius 2 is 2.07 bits per heavy atom. The minimum atomic E-state index is -0.0319. The van der Waals surface area contributed by atoms with Gasteiger partial charge in [0.1, 0.15) is 18.2 Å². The summed E-state index contributed by atoms with van der Waals surface area (Å²) < 4.78 is 11.1. The Balaban J connectivity index is 1.27. The van der Waals surface area contributed by atoms with Gasteiger partial charge in [-0.3, -0.25) is 9.78 Å². The molecule has 138 valence electrons. The first-order valence-electron chi connectivity index (χ1n) is 8.78. The standard InChI is InChI=1S/C20H19N3O3S/c24-19(11-16-13-27-20(23-16)15-2-1-6-21-12-15)22-7-5-14-3-4-17-18(10-14)26-9-8-25-17/h1-4,6,10,12-13H,5,7-9,11H2,(H,22,24). The van der Waals surface area contributed by atoms with Crippen LogP contribution < -0.4 is 14.8 Å². The Labute approximate surface area is 161 Å². The summed E-state index contributed by atoms with van der Waals surface area (Å²) in [5.41, 5.74) is 2.84. The van der Waals surface area contributed by atoms with Crippen LogP contribution in [0.3, 0.4) is 0 Å². The molecule has 0 aliphatic carbocycles. The molecule has 0 atom stereocenters. The number of aromatic nitrogens is 2. The van der Waals surface area contributed by atoms with Gasteiger partial charge in [0.15, 0.2) is 11.5 Å². The largest absolute Gasteiger partial charge is 0.486 e. The van der Waals surface area contributed by atoms with Crippen molar-refractivity contribution in [2.24, 2.45) is 0 Å². The van der Waals surface area contributed by atoms with Gasteiger partial charge in [-0.1, -0.05) is 6.07 Å². The quantitative estimate of drug-likeness (QED) is 0.711. The summed E-state index contributed by atoms with van der Waals surface area (Å²) in [7, 11) is 0. The van der Waals surface area contributed by atoms with Crippen LogP contribution in [0.1, 0.15) is 11.3 Å². The van der Waals surface area contributed by atoms with Crippen LogP contribution in [-0.2, 0) is 17.6 Å². The van der Waals surface area contributed by atoms with Crippen LogP contribution in [-0.4, -0.2) is 35.6 Å². The van der Waals surface area contributed by atoms with Crippen LogP contribution in [0.4, 0.5) is 0 Å². The molecule has 0 fully saturated rings. The van der Waals surface area contributed by atoms with Crippen molar-refractivity contribution in [3.8, 4) is 22.1 Å². The number of pyridine rings is 1. The number of amides is 1. The molecule has 1 aromatic carbocycles. The van der Waals surface area contributed by atoms with Crippen molar-refractivity contribution in [1.29, 1.82) is 0 Å². The Hall–Kier alpha value is -2.93. The van der Waals surface area contributed by atoms with E-state index in [0.717, 1.165) is 39.7 Å². The summed E-state index contributed by atoms with van der Waals surface area (Å²) in [6.45, 7) is 1.72. The molecular weight excluding hydrogens is 362 g/mol. The molecule has 0 unspecified atom stereocenters. The fraction of sp³-hybridized carbons (Fsp3) is 0.250. The van der Waals surface area contributed by atoms with Gasteiger partial charge in [0.05, 0.1) is 12.1 Å². The third-order valence-electron chi connectivity index (χ3n) is 4.14. The van der Waals surface area contributed by atoms with E-state index in [1.807, 2.05) is 35.7 Å². The Morgan fingerprint density at radius 1 is 1.19 bits per heavy atom.